The number of hydrogen-bond acceptors (Lipinski definition) is 2. The number of hydrogen-bond donors (Lipinski definition) is 1. The summed E-state index contributed by atoms with van der Waals surface area (Å²) in [4.78, 5) is 0. The van der Waals surface area contributed by atoms with Crippen LogP contribution in [-0.2, 0) is 24.4 Å². The van der Waals surface area contributed by atoms with Crippen LogP contribution in [0.5, 0.6) is 0 Å². The van der Waals surface area contributed by atoms with E-state index < -0.39 is 0 Å². The van der Waals surface area contributed by atoms with Crippen LogP contribution in [0, 0.1) is 0 Å². The van der Waals surface area contributed by atoms with Crippen LogP contribution in [0.1, 0.15) is 23.6 Å². The third-order valence-corrected chi connectivity index (χ3v) is 4.08. The molecule has 2 aromatic carbocycles. The predicted molar refractivity (Wildman–Crippen MR) is 91.5 cm³/mol. The van der Waals surface area contributed by atoms with E-state index in [-0.39, 0.29) is 0 Å². The molecule has 0 atom stereocenters. The van der Waals surface area contributed by atoms with Crippen LogP contribution in [0.4, 0.5) is 0 Å². The lowest BCUT2D eigenvalue weighted by Gasteiger charge is -2.11. The van der Waals surface area contributed by atoms with E-state index in [9.17, 15) is 0 Å². The molecule has 0 aliphatic rings. The number of halogens is 2. The van der Waals surface area contributed by atoms with Crippen LogP contribution in [0.3, 0.4) is 0 Å². The second kappa shape index (κ2) is 8.54. The third kappa shape index (κ3) is 5.11. The van der Waals surface area contributed by atoms with Gasteiger partial charge in [-0.25, -0.2) is 0 Å². The van der Waals surface area contributed by atoms with E-state index >= 15 is 0 Å². The fraction of sp³-hybridized carbons (Fsp3) is 0.294. The highest BCUT2D eigenvalue weighted by Crippen LogP contribution is 2.21. The minimum Gasteiger partial charge on any atom is -0.377 e. The summed E-state index contributed by atoms with van der Waals surface area (Å²) in [5, 5.41) is 4.23. The Morgan fingerprint density at radius 2 is 1.76 bits per heavy atom. The van der Waals surface area contributed by atoms with Gasteiger partial charge in [-0.2, -0.15) is 0 Å². The van der Waals surface area contributed by atoms with Crippen LogP contribution in [0.25, 0.3) is 0 Å². The van der Waals surface area contributed by atoms with Crippen LogP contribution < -0.4 is 5.32 Å². The molecule has 0 aromatic heterocycles. The molecule has 21 heavy (non-hydrogen) atoms. The average Bonchev–Trinajstić information content (AvgIpc) is 2.50. The van der Waals surface area contributed by atoms with Gasteiger partial charge in [-0.1, -0.05) is 51.8 Å². The molecule has 0 amide bonds. The van der Waals surface area contributed by atoms with E-state index in [2.05, 4.69) is 39.4 Å². The summed E-state index contributed by atoms with van der Waals surface area (Å²) in [6, 6.07) is 14.2. The second-order valence-corrected chi connectivity index (χ2v) is 6.07. The Morgan fingerprint density at radius 3 is 2.52 bits per heavy atom. The van der Waals surface area contributed by atoms with Crippen molar-refractivity contribution in [2.75, 3.05) is 6.61 Å². The van der Waals surface area contributed by atoms with E-state index in [0.717, 1.165) is 34.8 Å². The molecule has 112 valence electrons. The summed E-state index contributed by atoms with van der Waals surface area (Å²) < 4.78 is 6.55. The zero-order valence-electron chi connectivity index (χ0n) is 12.0. The summed E-state index contributed by atoms with van der Waals surface area (Å²) in [6.45, 7) is 4.94. The topological polar surface area (TPSA) is 21.3 Å². The molecule has 0 saturated heterocycles. The lowest BCUT2D eigenvalue weighted by Crippen LogP contribution is -2.14. The van der Waals surface area contributed by atoms with E-state index in [1.165, 1.54) is 11.1 Å². The summed E-state index contributed by atoms with van der Waals surface area (Å²) in [6.07, 6.45) is 0. The molecule has 0 bridgehead atoms. The van der Waals surface area contributed by atoms with Crippen molar-refractivity contribution in [3.05, 3.63) is 68.7 Å². The second-order valence-electron chi connectivity index (χ2n) is 4.75. The summed E-state index contributed by atoms with van der Waals surface area (Å²) in [5.74, 6) is 0. The molecule has 0 fully saturated rings. The lowest BCUT2D eigenvalue weighted by atomic mass is 10.1. The number of rotatable bonds is 7. The van der Waals surface area contributed by atoms with Crippen LogP contribution in [0.2, 0.25) is 5.02 Å². The molecule has 0 radical (unpaired) electrons. The van der Waals surface area contributed by atoms with Gasteiger partial charge in [0.15, 0.2) is 0 Å². The molecular formula is C17H19BrClNO. The first kappa shape index (κ1) is 16.5. The zero-order valence-corrected chi connectivity index (χ0v) is 14.4. The van der Waals surface area contributed by atoms with Crippen molar-refractivity contribution in [2.45, 2.75) is 26.6 Å². The molecule has 0 saturated carbocycles. The number of nitrogens with one attached hydrogen (secondary N) is 1. The van der Waals surface area contributed by atoms with Gasteiger partial charge in [-0.3, -0.25) is 0 Å². The van der Waals surface area contributed by atoms with Crippen molar-refractivity contribution in [2.24, 2.45) is 0 Å². The van der Waals surface area contributed by atoms with Crippen molar-refractivity contribution in [1.29, 1.82) is 0 Å². The van der Waals surface area contributed by atoms with Gasteiger partial charge in [-0.15, -0.1) is 0 Å². The molecule has 0 heterocycles. The van der Waals surface area contributed by atoms with Gasteiger partial charge in [-0.05, 0) is 41.8 Å². The lowest BCUT2D eigenvalue weighted by molar-refractivity contribution is 0.133. The van der Waals surface area contributed by atoms with E-state index in [1.54, 1.807) is 0 Å². The quantitative estimate of drug-likeness (QED) is 0.748. The molecule has 0 spiro atoms. The first-order valence-electron chi connectivity index (χ1n) is 7.00. The Morgan fingerprint density at radius 1 is 1.05 bits per heavy atom. The van der Waals surface area contributed by atoms with E-state index in [0.29, 0.717) is 6.61 Å². The molecular weight excluding hydrogens is 350 g/mol. The van der Waals surface area contributed by atoms with Gasteiger partial charge in [0, 0.05) is 29.2 Å². The smallest absolute Gasteiger partial charge is 0.0719 e. The maximum atomic E-state index is 6.20. The molecule has 1 N–H and O–H groups in total. The molecule has 0 unspecified atom stereocenters. The normalized spacial score (nSPS) is 10.8. The molecule has 2 aromatic rings. The monoisotopic (exact) mass is 367 g/mol. The minimum absolute atomic E-state index is 0.659. The van der Waals surface area contributed by atoms with Crippen molar-refractivity contribution in [3.8, 4) is 0 Å². The Kier molecular flexibility index (Phi) is 6.71. The number of ether oxygens (including phenoxy) is 1. The average molecular weight is 369 g/mol. The maximum absolute atomic E-state index is 6.20. The number of benzene rings is 2. The van der Waals surface area contributed by atoms with Gasteiger partial charge in [0.2, 0.25) is 0 Å². The Hall–Kier alpha value is -0.870. The maximum Gasteiger partial charge on any atom is 0.0719 e. The SMILES string of the molecule is CCOCc1ccccc1CNCc1cc(Br)ccc1Cl. The van der Waals surface area contributed by atoms with Crippen molar-refractivity contribution < 1.29 is 4.74 Å². The Bertz CT molecular complexity index is 589. The van der Waals surface area contributed by atoms with E-state index in [1.807, 2.05) is 31.2 Å². The molecule has 0 aliphatic carbocycles. The van der Waals surface area contributed by atoms with Gasteiger partial charge in [0.1, 0.15) is 0 Å². The Balaban J connectivity index is 1.95. The van der Waals surface area contributed by atoms with Crippen molar-refractivity contribution in [1.82, 2.24) is 5.32 Å². The highest BCUT2D eigenvalue weighted by atomic mass is 79.9. The van der Waals surface area contributed by atoms with Gasteiger partial charge < -0.3 is 10.1 Å². The van der Waals surface area contributed by atoms with Crippen LogP contribution >= 0.6 is 27.5 Å². The van der Waals surface area contributed by atoms with Crippen LogP contribution in [-0.4, -0.2) is 6.61 Å². The van der Waals surface area contributed by atoms with Gasteiger partial charge in [0.25, 0.3) is 0 Å². The first-order chi connectivity index (χ1) is 10.2. The van der Waals surface area contributed by atoms with Gasteiger partial charge >= 0.3 is 0 Å². The predicted octanol–water partition coefficient (Wildman–Crippen LogP) is 4.93. The highest BCUT2D eigenvalue weighted by Gasteiger charge is 2.04. The first-order valence-corrected chi connectivity index (χ1v) is 8.17. The Labute approximate surface area is 139 Å². The fourth-order valence-electron chi connectivity index (χ4n) is 2.09. The molecule has 2 rings (SSSR count). The molecule has 0 aliphatic heterocycles. The van der Waals surface area contributed by atoms with E-state index in [4.69, 9.17) is 16.3 Å². The van der Waals surface area contributed by atoms with Crippen molar-refractivity contribution >= 4 is 27.5 Å². The highest BCUT2D eigenvalue weighted by molar-refractivity contribution is 9.10. The fourth-order valence-corrected chi connectivity index (χ4v) is 2.69. The largest absolute Gasteiger partial charge is 0.377 e. The van der Waals surface area contributed by atoms with Crippen LogP contribution in [0.15, 0.2) is 46.9 Å². The third-order valence-electron chi connectivity index (χ3n) is 3.22. The summed E-state index contributed by atoms with van der Waals surface area (Å²) >= 11 is 9.67. The summed E-state index contributed by atoms with van der Waals surface area (Å²) in [7, 11) is 0. The minimum atomic E-state index is 0.659. The summed E-state index contributed by atoms with van der Waals surface area (Å²) in [5.41, 5.74) is 3.58. The van der Waals surface area contributed by atoms with Crippen molar-refractivity contribution in [3.63, 3.8) is 0 Å². The molecule has 2 nitrogen and oxygen atoms in total. The standard InChI is InChI=1S/C17H19BrClNO/c1-2-21-12-14-6-4-3-5-13(14)10-20-11-15-9-16(18)7-8-17(15)19/h3-9,20H,2,10-12H2,1H3. The van der Waals surface area contributed by atoms with Gasteiger partial charge in [0.05, 0.1) is 6.61 Å². The zero-order chi connectivity index (χ0) is 15.1. The molecule has 4 heteroatoms.